The zero-order chi connectivity index (χ0) is 88.3. The zero-order valence-electron chi connectivity index (χ0n) is 71.8. The molecule has 124 heavy (non-hydrogen) atoms. The van der Waals surface area contributed by atoms with E-state index in [0.29, 0.717) is 166 Å². The molecule has 15 atom stereocenters. The van der Waals surface area contributed by atoms with E-state index in [0.717, 1.165) is 16.0 Å². The van der Waals surface area contributed by atoms with Crippen molar-refractivity contribution in [1.82, 2.24) is 75.2 Å². The minimum atomic E-state index is -2.51. The number of ether oxygens (including phenoxy) is 6. The van der Waals surface area contributed by atoms with Crippen molar-refractivity contribution < 1.29 is 81.7 Å². The Kier molecular flexibility index (Phi) is 32.2. The number of cyclic esters (lactones) is 1. The quantitative estimate of drug-likeness (QED) is 0.0138. The Balaban J connectivity index is 0.578. The van der Waals surface area contributed by atoms with Crippen LogP contribution in [0.4, 0.5) is 23.7 Å². The number of allylic oxidation sites excluding steroid dienone is 6. The van der Waals surface area contributed by atoms with Crippen LogP contribution in [0.3, 0.4) is 0 Å². The number of hydrogen-bond donors (Lipinski definition) is 8. The van der Waals surface area contributed by atoms with Crippen LogP contribution in [0, 0.1) is 29.6 Å². The number of oxazole rings is 1. The molecule has 0 spiro atoms. The lowest BCUT2D eigenvalue weighted by Crippen LogP contribution is -2.61. The summed E-state index contributed by atoms with van der Waals surface area (Å²) in [6.07, 6.45) is 20.1. The number of carbonyl (C=O) groups is 7. The molecular formula is C87H118N20O17. The van der Waals surface area contributed by atoms with E-state index in [9.17, 15) is 48.9 Å². The summed E-state index contributed by atoms with van der Waals surface area (Å²) in [4.78, 5) is 134. The summed E-state index contributed by atoms with van der Waals surface area (Å²) < 4.78 is 44.8. The number of unbranched alkanes of at least 4 members (excludes halogenated alkanes) is 1. The molecule has 1 aliphatic carbocycles. The number of Topliss-reactive ketones (excluding diaryl/α,β-unsaturated/α-hetero) is 3. The Morgan fingerprint density at radius 2 is 1.49 bits per heavy atom. The van der Waals surface area contributed by atoms with E-state index in [1.165, 1.54) is 31.7 Å². The van der Waals surface area contributed by atoms with Crippen molar-refractivity contribution in [1.29, 1.82) is 0 Å². The van der Waals surface area contributed by atoms with Crippen molar-refractivity contribution in [2.45, 2.75) is 205 Å². The van der Waals surface area contributed by atoms with Gasteiger partial charge in [-0.1, -0.05) is 69.4 Å². The predicted octanol–water partition coefficient (Wildman–Crippen LogP) is 6.13. The molecule has 7 aromatic rings. The number of piperidine rings is 1. The first-order chi connectivity index (χ1) is 59.7. The van der Waals surface area contributed by atoms with Crippen LogP contribution in [-0.4, -0.2) is 262 Å². The molecule has 3 saturated heterocycles. The summed E-state index contributed by atoms with van der Waals surface area (Å²) >= 11 is 0. The van der Waals surface area contributed by atoms with Crippen molar-refractivity contribution >= 4 is 86.9 Å². The van der Waals surface area contributed by atoms with E-state index in [-0.39, 0.29) is 119 Å². The lowest BCUT2D eigenvalue weighted by atomic mass is 9.79. The number of fused-ring (bicyclic) bond motifs is 5. The molecule has 668 valence electrons. The van der Waals surface area contributed by atoms with Gasteiger partial charge >= 0.3 is 5.97 Å². The van der Waals surface area contributed by atoms with Crippen LogP contribution < -0.4 is 37.6 Å². The number of nitrogen functional groups attached to an aromatic ring is 2. The molecule has 11 N–H and O–H groups in total. The third-order valence-corrected chi connectivity index (χ3v) is 24.3. The number of aliphatic hydroxyl groups excluding tert-OH is 2. The number of amides is 3. The van der Waals surface area contributed by atoms with Crippen molar-refractivity contribution in [2.75, 3.05) is 108 Å². The van der Waals surface area contributed by atoms with Gasteiger partial charge in [0.05, 0.1) is 67.9 Å². The third-order valence-electron chi connectivity index (χ3n) is 24.3. The van der Waals surface area contributed by atoms with Gasteiger partial charge in [-0.2, -0.15) is 10.1 Å². The number of methoxy groups -OCH3 is 2. The third kappa shape index (κ3) is 23.2. The van der Waals surface area contributed by atoms with Crippen molar-refractivity contribution in [3.63, 3.8) is 0 Å². The van der Waals surface area contributed by atoms with E-state index in [1.54, 1.807) is 62.8 Å². The summed E-state index contributed by atoms with van der Waals surface area (Å²) in [5.74, 6) is -8.31. The summed E-state index contributed by atoms with van der Waals surface area (Å²) in [6, 6.07) is 3.08. The van der Waals surface area contributed by atoms with E-state index in [1.807, 2.05) is 67.5 Å². The number of piperazine rings is 1. The first-order valence-electron chi connectivity index (χ1n) is 43.0. The lowest BCUT2D eigenvalue weighted by molar-refractivity contribution is -0.265. The predicted molar refractivity (Wildman–Crippen MR) is 458 cm³/mol. The van der Waals surface area contributed by atoms with Crippen LogP contribution in [0.15, 0.2) is 108 Å². The molecule has 6 aromatic heterocycles. The van der Waals surface area contributed by atoms with Gasteiger partial charge in [-0.25, -0.2) is 44.1 Å². The van der Waals surface area contributed by atoms with Crippen molar-refractivity contribution in [2.24, 2.45) is 35.3 Å². The Morgan fingerprint density at radius 1 is 0.758 bits per heavy atom. The number of ketones is 3. The zero-order valence-corrected chi connectivity index (χ0v) is 71.8. The number of benzene rings is 1. The van der Waals surface area contributed by atoms with Crippen molar-refractivity contribution in [3.8, 4) is 22.5 Å². The molecule has 0 unspecified atom stereocenters. The molecule has 10 heterocycles. The molecule has 37 heteroatoms. The Morgan fingerprint density at radius 3 is 2.23 bits per heavy atom. The normalized spacial score (nSPS) is 26.9. The van der Waals surface area contributed by atoms with Gasteiger partial charge in [0.25, 0.3) is 23.6 Å². The molecule has 4 fully saturated rings. The second-order valence-electron chi connectivity index (χ2n) is 33.2. The van der Waals surface area contributed by atoms with E-state index < -0.39 is 95.4 Å². The average Bonchev–Trinajstić information content (AvgIpc) is 1.43. The summed E-state index contributed by atoms with van der Waals surface area (Å²) in [6.45, 7) is 14.9. The first kappa shape index (κ1) is 92.4. The molecular weight excluding hydrogens is 1600 g/mol. The first-order valence-corrected chi connectivity index (χ1v) is 43.0. The molecule has 0 radical (unpaired) electrons. The largest absolute Gasteiger partial charge is 0.459 e. The Bertz CT molecular complexity index is 4950. The highest BCUT2D eigenvalue weighted by Gasteiger charge is 2.53. The number of aryl methyl sites for hydroxylation is 1. The molecule has 1 saturated carbocycles. The van der Waals surface area contributed by atoms with Crippen LogP contribution in [0.25, 0.3) is 44.6 Å². The highest BCUT2D eigenvalue weighted by atomic mass is 16.6. The maximum atomic E-state index is 14.8. The molecule has 4 aliphatic heterocycles. The van der Waals surface area contributed by atoms with Crippen molar-refractivity contribution in [3.05, 3.63) is 109 Å². The molecule has 1 aromatic carbocycles. The van der Waals surface area contributed by atoms with Gasteiger partial charge in [0.1, 0.15) is 59.2 Å². The molecule has 3 amide bonds. The SMILES string of the molecule is CO[C@H]1C[C@@H]2CC[C@@H](C)[C@@](O)(O2)C(=O)C(=O)N2CCCC[C@H]2C(=O)O[C@H]([C@H](N)C[C@@H]2CC[C@H](n3cc(-c4cnc(N5CCN(c6ncc(C(=O)NCCOCCOCCC(=O)NCCCCn7nc(-c8ccc9oc(N)nc9c8)c8c(N)ncnc87)cn6)CC5)nc4)nn3)[C@H](OC)C2)CC(=O)[C@H](C)/C=C(\C)[C@@H](O)[C@@H](O)C(=O)[C@H](C)C[C@H](C)/C=C/C=CC=C1C. The second-order valence-corrected chi connectivity index (χ2v) is 33.2. The molecule has 5 aliphatic rings. The summed E-state index contributed by atoms with van der Waals surface area (Å²) in [5.41, 5.74) is 24.8. The summed E-state index contributed by atoms with van der Waals surface area (Å²) in [5, 5.41) is 55.0. The number of carbonyl (C=O) groups excluding carboxylic acids is 7. The summed E-state index contributed by atoms with van der Waals surface area (Å²) in [7, 11) is 3.17. The highest BCUT2D eigenvalue weighted by molar-refractivity contribution is 6.39. The number of nitrogens with zero attached hydrogens (tertiary/aromatic N) is 15. The van der Waals surface area contributed by atoms with Crippen LogP contribution >= 0.6 is 0 Å². The van der Waals surface area contributed by atoms with Crippen LogP contribution in [0.1, 0.15) is 154 Å². The number of hydrogen-bond acceptors (Lipinski definition) is 32. The van der Waals surface area contributed by atoms with Gasteiger partial charge in [-0.15, -0.1) is 5.10 Å². The minimum absolute atomic E-state index is 0.00636. The van der Waals surface area contributed by atoms with Crippen LogP contribution in [0.5, 0.6) is 0 Å². The monoisotopic (exact) mass is 1710 g/mol. The number of rotatable bonds is 25. The maximum Gasteiger partial charge on any atom is 0.329 e. The molecule has 2 bridgehead atoms. The van der Waals surface area contributed by atoms with E-state index in [2.05, 4.69) is 50.8 Å². The van der Waals surface area contributed by atoms with Crippen LogP contribution in [0.2, 0.25) is 0 Å². The van der Waals surface area contributed by atoms with E-state index in [4.69, 9.17) is 65.1 Å². The van der Waals surface area contributed by atoms with Gasteiger partial charge in [0, 0.05) is 146 Å². The fourth-order valence-electron chi connectivity index (χ4n) is 16.9. The molecule has 37 nitrogen and oxygen atoms in total. The van der Waals surface area contributed by atoms with Gasteiger partial charge in [0.2, 0.25) is 23.6 Å². The maximum absolute atomic E-state index is 14.8. The van der Waals surface area contributed by atoms with Gasteiger partial charge in [-0.3, -0.25) is 28.8 Å². The number of esters is 1. The topological polar surface area (TPSA) is 499 Å². The Hall–Kier alpha value is -10.8. The van der Waals surface area contributed by atoms with Gasteiger partial charge in [-0.05, 0) is 132 Å². The number of anilines is 4. The van der Waals surface area contributed by atoms with Gasteiger partial charge < -0.3 is 90.7 Å². The lowest BCUT2D eigenvalue weighted by Gasteiger charge is -2.42. The highest BCUT2D eigenvalue weighted by Crippen LogP contribution is 2.40. The standard InChI is InChI=1S/C87H118N20O17/c1-51-16-10-9-11-17-52(2)69(118-7)43-61-22-19-56(6)87(117,124-61)78(113)82(115)105-28-14-12-18-66(105)83(116)122-70(44-67(108)53(3)39-55(5)76(111)77(112)75(110)54(4)38-51)62(88)40-57-20-23-65(71(41-57)119-8)107-49-64(100-102-107)59-45-93-85(94-46-59)103-30-32-104(33-31-103)86-95-47-60(48-96-86)81(114)92-27-35-121-37-36-120-34-25-72(109)91-26-13-15-29-106-80-73(79(89)97-50-98-80)74(101-106)58-21-24-68-63(42-58)99-84(90)123-68/h9-11,16-17,21,24,39,42,45-51,53-54,56-57,61-62,65-66,69-71,76-77,111-112,117H,12-15,18-20,22-23,25-38,40-41,43-44,88H2,1-8H3,(H2,90,99)(H,91,109)(H,92,114)(H2,89,97,98)/b11-9?,16-10+,52-17?,55-39+/t51-,53-,54-,56-,57+,61+,62-,65+,66+,69+,70+,71-,76-,77+,87-/m1/s1. The second kappa shape index (κ2) is 43.2. The fourth-order valence-corrected chi connectivity index (χ4v) is 16.9. The smallest absolute Gasteiger partial charge is 0.329 e. The van der Waals surface area contributed by atoms with E-state index >= 15 is 0 Å². The molecule has 12 rings (SSSR count). The number of aromatic nitrogens is 12. The number of nitrogens with one attached hydrogen (secondary N) is 2. The minimum Gasteiger partial charge on any atom is -0.459 e. The fraction of sp³-hybridized carbons (Fsp3) is 0.575. The Labute approximate surface area is 719 Å². The number of nitrogens with two attached hydrogens (primary N) is 3. The average molecular weight is 1720 g/mol. The van der Waals surface area contributed by atoms with Gasteiger partial charge in [0.15, 0.2) is 17.0 Å². The van der Waals surface area contributed by atoms with Crippen LogP contribution in [-0.2, 0) is 63.7 Å². The number of aliphatic hydroxyl groups is 3.